The number of halogens is 2. The summed E-state index contributed by atoms with van der Waals surface area (Å²) in [7, 11) is 0. The van der Waals surface area contributed by atoms with Gasteiger partial charge in [0.2, 0.25) is 0 Å². The van der Waals surface area contributed by atoms with Gasteiger partial charge >= 0.3 is 0 Å². The molecule has 42 valence electrons. The van der Waals surface area contributed by atoms with Crippen LogP contribution in [0.1, 0.15) is 12.8 Å². The van der Waals surface area contributed by atoms with Crippen molar-refractivity contribution >= 4 is 27.5 Å². The average molecular weight is 183 g/mol. The Balaban J connectivity index is 2.28. The van der Waals surface area contributed by atoms with Crippen molar-refractivity contribution in [3.63, 3.8) is 0 Å². The van der Waals surface area contributed by atoms with E-state index in [9.17, 15) is 0 Å². The molecular weight excluding hydrogens is 175 g/mol. The number of alkyl halides is 2. The molecule has 0 saturated heterocycles. The summed E-state index contributed by atoms with van der Waals surface area (Å²) in [6.45, 7) is 0. The molecule has 1 rings (SSSR count). The van der Waals surface area contributed by atoms with Gasteiger partial charge in [-0.1, -0.05) is 15.9 Å². The van der Waals surface area contributed by atoms with Crippen LogP contribution in [0.25, 0.3) is 0 Å². The Labute approximate surface area is 57.4 Å². The molecule has 0 aromatic heterocycles. The highest BCUT2D eigenvalue weighted by atomic mass is 79.9. The lowest BCUT2D eigenvalue weighted by molar-refractivity contribution is 0.681. The third-order valence-electron chi connectivity index (χ3n) is 1.52. The second-order valence-electron chi connectivity index (χ2n) is 2.27. The van der Waals surface area contributed by atoms with E-state index in [1.165, 1.54) is 12.8 Å². The van der Waals surface area contributed by atoms with Gasteiger partial charge in [0.25, 0.3) is 0 Å². The van der Waals surface area contributed by atoms with E-state index in [1.54, 1.807) is 0 Å². The molecule has 0 bridgehead atoms. The first-order valence-corrected chi connectivity index (χ1v) is 4.10. The molecule has 0 spiro atoms. The summed E-state index contributed by atoms with van der Waals surface area (Å²) in [6.07, 6.45) is 2.64. The van der Waals surface area contributed by atoms with Crippen LogP contribution in [0.15, 0.2) is 0 Å². The van der Waals surface area contributed by atoms with E-state index in [0.29, 0.717) is 5.41 Å². The van der Waals surface area contributed by atoms with Gasteiger partial charge in [-0.15, -0.1) is 11.6 Å². The Kier molecular flexibility index (Phi) is 1.64. The van der Waals surface area contributed by atoms with Gasteiger partial charge in [-0.25, -0.2) is 0 Å². The molecule has 0 aliphatic heterocycles. The van der Waals surface area contributed by atoms with Gasteiger partial charge in [-0.3, -0.25) is 0 Å². The van der Waals surface area contributed by atoms with Crippen molar-refractivity contribution in [2.75, 3.05) is 11.2 Å². The predicted octanol–water partition coefficient (Wildman–Crippen LogP) is 2.40. The monoisotopic (exact) mass is 182 g/mol. The predicted molar refractivity (Wildman–Crippen MR) is 36.2 cm³/mol. The average Bonchev–Trinajstić information content (AvgIpc) is 2.46. The summed E-state index contributed by atoms with van der Waals surface area (Å²) >= 11 is 9.03. The fraction of sp³-hybridized carbons (Fsp3) is 1.00. The van der Waals surface area contributed by atoms with Crippen molar-refractivity contribution in [3.05, 3.63) is 0 Å². The molecule has 0 nitrogen and oxygen atoms in total. The molecule has 0 atom stereocenters. The Hall–Kier alpha value is 0.770. The van der Waals surface area contributed by atoms with Gasteiger partial charge < -0.3 is 0 Å². The number of rotatable bonds is 2. The summed E-state index contributed by atoms with van der Waals surface area (Å²) < 4.78 is 0. The van der Waals surface area contributed by atoms with E-state index in [1.807, 2.05) is 0 Å². The lowest BCUT2D eigenvalue weighted by Gasteiger charge is -2.01. The summed E-state index contributed by atoms with van der Waals surface area (Å²) in [5, 5.41) is 1.09. The topological polar surface area (TPSA) is 0 Å². The largest absolute Gasteiger partial charge is 0.126 e. The van der Waals surface area contributed by atoms with Crippen LogP contribution < -0.4 is 0 Å². The fourth-order valence-electron chi connectivity index (χ4n) is 0.480. The Morgan fingerprint density at radius 2 is 2.14 bits per heavy atom. The van der Waals surface area contributed by atoms with Crippen LogP contribution in [-0.2, 0) is 0 Å². The molecule has 0 amide bonds. The van der Waals surface area contributed by atoms with Crippen molar-refractivity contribution in [1.29, 1.82) is 0 Å². The molecule has 0 N–H and O–H groups in total. The van der Waals surface area contributed by atoms with Gasteiger partial charge in [-0.05, 0) is 18.3 Å². The van der Waals surface area contributed by atoms with Crippen LogP contribution in [0.3, 0.4) is 0 Å². The zero-order valence-electron chi connectivity index (χ0n) is 4.08. The lowest BCUT2D eigenvalue weighted by Crippen LogP contribution is -2.01. The molecule has 0 aromatic rings. The van der Waals surface area contributed by atoms with Crippen LogP contribution in [-0.4, -0.2) is 11.2 Å². The van der Waals surface area contributed by atoms with Crippen LogP contribution in [0.2, 0.25) is 0 Å². The first kappa shape index (κ1) is 5.90. The summed E-state index contributed by atoms with van der Waals surface area (Å²) in [5.74, 6) is 0.832. The van der Waals surface area contributed by atoms with Crippen LogP contribution in [0.5, 0.6) is 0 Å². The van der Waals surface area contributed by atoms with Gasteiger partial charge in [0, 0.05) is 11.2 Å². The molecule has 7 heavy (non-hydrogen) atoms. The third-order valence-corrected chi connectivity index (χ3v) is 3.28. The first-order chi connectivity index (χ1) is 3.33. The van der Waals surface area contributed by atoms with Crippen molar-refractivity contribution < 1.29 is 0 Å². The van der Waals surface area contributed by atoms with E-state index in [2.05, 4.69) is 15.9 Å². The maximum absolute atomic E-state index is 5.63. The summed E-state index contributed by atoms with van der Waals surface area (Å²) in [6, 6.07) is 0. The van der Waals surface area contributed by atoms with E-state index < -0.39 is 0 Å². The van der Waals surface area contributed by atoms with Crippen molar-refractivity contribution in [2.45, 2.75) is 12.8 Å². The molecule has 1 aliphatic carbocycles. The highest BCUT2D eigenvalue weighted by Gasteiger charge is 2.40. The minimum absolute atomic E-state index is 0.515. The van der Waals surface area contributed by atoms with Crippen LogP contribution >= 0.6 is 27.5 Å². The van der Waals surface area contributed by atoms with E-state index in [4.69, 9.17) is 11.6 Å². The fourth-order valence-corrected chi connectivity index (χ4v) is 1.83. The lowest BCUT2D eigenvalue weighted by atomic mass is 10.2. The quantitative estimate of drug-likeness (QED) is 0.577. The van der Waals surface area contributed by atoms with Crippen molar-refractivity contribution in [1.82, 2.24) is 0 Å². The number of hydrogen-bond donors (Lipinski definition) is 0. The Bertz CT molecular complexity index is 62.5. The Morgan fingerprint density at radius 3 is 2.14 bits per heavy atom. The molecule has 0 heterocycles. The summed E-state index contributed by atoms with van der Waals surface area (Å²) in [4.78, 5) is 0. The van der Waals surface area contributed by atoms with E-state index in [0.717, 1.165) is 11.2 Å². The van der Waals surface area contributed by atoms with Crippen LogP contribution in [0.4, 0.5) is 0 Å². The molecular formula is C5H8BrCl. The van der Waals surface area contributed by atoms with Gasteiger partial charge in [0.15, 0.2) is 0 Å². The maximum Gasteiger partial charge on any atom is 0.0288 e. The van der Waals surface area contributed by atoms with Crippen molar-refractivity contribution in [3.8, 4) is 0 Å². The standard InChI is InChI=1S/C5H8BrCl/c6-3-5(4-7)1-2-5/h1-4H2. The molecule has 1 fully saturated rings. The zero-order chi connectivity index (χ0) is 5.33. The van der Waals surface area contributed by atoms with Crippen LogP contribution in [0, 0.1) is 5.41 Å². The SMILES string of the molecule is ClCC1(CBr)CC1. The molecule has 1 saturated carbocycles. The molecule has 0 radical (unpaired) electrons. The highest BCUT2D eigenvalue weighted by Crippen LogP contribution is 2.47. The smallest absolute Gasteiger partial charge is 0.0288 e. The second kappa shape index (κ2) is 1.94. The molecule has 2 heteroatoms. The van der Waals surface area contributed by atoms with Gasteiger partial charge in [-0.2, -0.15) is 0 Å². The minimum atomic E-state index is 0.515. The Morgan fingerprint density at radius 1 is 1.57 bits per heavy atom. The second-order valence-corrected chi connectivity index (χ2v) is 3.10. The third kappa shape index (κ3) is 1.11. The van der Waals surface area contributed by atoms with E-state index >= 15 is 0 Å². The molecule has 0 aromatic carbocycles. The van der Waals surface area contributed by atoms with Gasteiger partial charge in [0.1, 0.15) is 0 Å². The molecule has 1 aliphatic rings. The minimum Gasteiger partial charge on any atom is -0.126 e. The van der Waals surface area contributed by atoms with Crippen molar-refractivity contribution in [2.24, 2.45) is 5.41 Å². The summed E-state index contributed by atoms with van der Waals surface area (Å²) in [5.41, 5.74) is 0.515. The zero-order valence-corrected chi connectivity index (χ0v) is 6.43. The van der Waals surface area contributed by atoms with Gasteiger partial charge in [0.05, 0.1) is 0 Å². The highest BCUT2D eigenvalue weighted by molar-refractivity contribution is 9.09. The maximum atomic E-state index is 5.63. The normalized spacial score (nSPS) is 24.9. The number of hydrogen-bond acceptors (Lipinski definition) is 0. The first-order valence-electron chi connectivity index (χ1n) is 2.45. The van der Waals surface area contributed by atoms with E-state index in [-0.39, 0.29) is 0 Å². The molecule has 0 unspecified atom stereocenters.